The molecule has 5 nitrogen and oxygen atoms in total. The van der Waals surface area contributed by atoms with Crippen LogP contribution in [0.25, 0.3) is 10.9 Å². The van der Waals surface area contributed by atoms with Gasteiger partial charge in [0.25, 0.3) is 5.56 Å². The summed E-state index contributed by atoms with van der Waals surface area (Å²) in [6.45, 7) is 1.08. The molecule has 3 atom stereocenters. The van der Waals surface area contributed by atoms with E-state index >= 15 is 0 Å². The van der Waals surface area contributed by atoms with E-state index in [4.69, 9.17) is 12.2 Å². The van der Waals surface area contributed by atoms with Gasteiger partial charge in [0.1, 0.15) is 0 Å². The molecule has 0 spiro atoms. The van der Waals surface area contributed by atoms with Crippen LogP contribution in [0.1, 0.15) is 32.1 Å². The summed E-state index contributed by atoms with van der Waals surface area (Å²) < 4.78 is 1.85. The largest absolute Gasteiger partial charge is 0.356 e. The number of nitrogens with zero attached hydrogens (tertiary/aromatic N) is 1. The number of H-pyrrole nitrogens is 1. The number of carbonyl (C=O) groups excluding carboxylic acids is 1. The minimum atomic E-state index is -0.139. The molecule has 1 aromatic heterocycles. The second-order valence-corrected chi connectivity index (χ2v) is 7.81. The Morgan fingerprint density at radius 3 is 2.88 bits per heavy atom. The molecule has 2 aliphatic carbocycles. The maximum absolute atomic E-state index is 12.6. The summed E-state index contributed by atoms with van der Waals surface area (Å²) in [5.41, 5.74) is 0.592. The van der Waals surface area contributed by atoms with Gasteiger partial charge in [-0.3, -0.25) is 14.2 Å². The van der Waals surface area contributed by atoms with Crippen LogP contribution in [-0.2, 0) is 11.3 Å². The Morgan fingerprint density at radius 2 is 2.12 bits per heavy atom. The number of rotatable bonds is 5. The molecule has 2 bridgehead atoms. The van der Waals surface area contributed by atoms with Crippen LogP contribution in [0.4, 0.5) is 0 Å². The summed E-state index contributed by atoms with van der Waals surface area (Å²) in [6.07, 6.45) is 5.59. The fourth-order valence-electron chi connectivity index (χ4n) is 4.58. The molecule has 1 heterocycles. The van der Waals surface area contributed by atoms with Gasteiger partial charge in [-0.05, 0) is 61.4 Å². The number of fused-ring (bicyclic) bond motifs is 3. The number of hydrogen-bond acceptors (Lipinski definition) is 3. The lowest BCUT2D eigenvalue weighted by molar-refractivity contribution is -0.121. The smallest absolute Gasteiger partial charge is 0.262 e. The Hall–Kier alpha value is -1.95. The number of para-hydroxylation sites is 1. The zero-order chi connectivity index (χ0) is 17.4. The van der Waals surface area contributed by atoms with E-state index in [0.29, 0.717) is 22.6 Å². The number of hydrogen-bond donors (Lipinski definition) is 2. The average molecular weight is 357 g/mol. The van der Waals surface area contributed by atoms with Crippen molar-refractivity contribution in [2.24, 2.45) is 17.8 Å². The van der Waals surface area contributed by atoms with Crippen molar-refractivity contribution >= 4 is 29.0 Å². The highest BCUT2D eigenvalue weighted by atomic mass is 32.1. The molecule has 2 fully saturated rings. The van der Waals surface area contributed by atoms with Crippen molar-refractivity contribution in [3.05, 3.63) is 39.4 Å². The van der Waals surface area contributed by atoms with Gasteiger partial charge in [-0.2, -0.15) is 0 Å². The van der Waals surface area contributed by atoms with Crippen LogP contribution >= 0.6 is 12.2 Å². The van der Waals surface area contributed by atoms with Gasteiger partial charge in [-0.1, -0.05) is 18.6 Å². The van der Waals surface area contributed by atoms with E-state index in [1.807, 2.05) is 18.2 Å². The van der Waals surface area contributed by atoms with Gasteiger partial charge in [0.2, 0.25) is 5.91 Å². The van der Waals surface area contributed by atoms with Gasteiger partial charge < -0.3 is 10.3 Å². The van der Waals surface area contributed by atoms with Crippen molar-refractivity contribution in [2.45, 2.75) is 38.6 Å². The molecule has 0 aliphatic heterocycles. The molecule has 1 aromatic carbocycles. The number of amides is 1. The van der Waals surface area contributed by atoms with Crippen molar-refractivity contribution in [2.75, 3.05) is 6.54 Å². The quantitative estimate of drug-likeness (QED) is 0.809. The topological polar surface area (TPSA) is 66.9 Å². The van der Waals surface area contributed by atoms with E-state index in [2.05, 4.69) is 10.3 Å². The first kappa shape index (κ1) is 16.5. The van der Waals surface area contributed by atoms with Gasteiger partial charge in [-0.25, -0.2) is 0 Å². The van der Waals surface area contributed by atoms with Crippen molar-refractivity contribution in [1.29, 1.82) is 0 Å². The second-order valence-electron chi connectivity index (χ2n) is 7.42. The summed E-state index contributed by atoms with van der Waals surface area (Å²) in [4.78, 5) is 27.8. The third-order valence-electron chi connectivity index (χ3n) is 5.90. The summed E-state index contributed by atoms with van der Waals surface area (Å²) >= 11 is 5.28. The SMILES string of the molecule is O=C(CCn1c(=S)[nH]c2ccccc2c1=O)NC[C@@H]1C[C@H]2CC[C@H]1C2. The normalized spacial score (nSPS) is 24.7. The first-order valence-electron chi connectivity index (χ1n) is 9.10. The summed E-state index contributed by atoms with van der Waals surface area (Å²) in [5, 5.41) is 3.65. The zero-order valence-electron chi connectivity index (χ0n) is 14.2. The molecule has 2 aromatic rings. The molecule has 1 amide bonds. The standard InChI is InChI=1S/C19H23N3O2S/c23-17(20-11-14-10-12-5-6-13(14)9-12)7-8-22-18(24)15-3-1-2-4-16(15)21-19(22)25/h1-4,12-14H,5-11H2,(H,20,23)(H,21,25)/t12-,13-,14-/m0/s1. The highest BCUT2D eigenvalue weighted by Crippen LogP contribution is 2.47. The van der Waals surface area contributed by atoms with E-state index in [0.717, 1.165) is 23.9 Å². The predicted molar refractivity (Wildman–Crippen MR) is 100.0 cm³/mol. The molecule has 25 heavy (non-hydrogen) atoms. The Balaban J connectivity index is 1.38. The molecule has 0 saturated heterocycles. The number of benzene rings is 1. The van der Waals surface area contributed by atoms with Gasteiger partial charge >= 0.3 is 0 Å². The molecule has 6 heteroatoms. The third kappa shape index (κ3) is 3.27. The van der Waals surface area contributed by atoms with Crippen molar-refractivity contribution < 1.29 is 4.79 Å². The van der Waals surface area contributed by atoms with Crippen LogP contribution in [0, 0.1) is 22.5 Å². The van der Waals surface area contributed by atoms with Crippen LogP contribution < -0.4 is 10.9 Å². The molecule has 2 aliphatic rings. The molecular formula is C19H23N3O2S. The molecule has 0 unspecified atom stereocenters. The van der Waals surface area contributed by atoms with E-state index in [1.54, 1.807) is 6.07 Å². The van der Waals surface area contributed by atoms with Crippen LogP contribution in [0.15, 0.2) is 29.1 Å². The maximum atomic E-state index is 12.6. The zero-order valence-corrected chi connectivity index (χ0v) is 15.0. The van der Waals surface area contributed by atoms with Crippen LogP contribution in [0.3, 0.4) is 0 Å². The predicted octanol–water partition coefficient (Wildman–Crippen LogP) is 3.00. The van der Waals surface area contributed by atoms with Crippen molar-refractivity contribution in [3.63, 3.8) is 0 Å². The van der Waals surface area contributed by atoms with E-state index in [-0.39, 0.29) is 17.9 Å². The fourth-order valence-corrected chi connectivity index (χ4v) is 4.86. The highest BCUT2D eigenvalue weighted by molar-refractivity contribution is 7.71. The molecule has 2 N–H and O–H groups in total. The number of aromatic nitrogens is 2. The Kier molecular flexibility index (Phi) is 4.46. The summed E-state index contributed by atoms with van der Waals surface area (Å²) in [6, 6.07) is 7.29. The second kappa shape index (κ2) is 6.75. The minimum absolute atomic E-state index is 0.00256. The van der Waals surface area contributed by atoms with Gasteiger partial charge in [0.15, 0.2) is 4.77 Å². The fraction of sp³-hybridized carbons (Fsp3) is 0.526. The first-order chi connectivity index (χ1) is 12.1. The maximum Gasteiger partial charge on any atom is 0.262 e. The lowest BCUT2D eigenvalue weighted by atomic mass is 9.89. The van der Waals surface area contributed by atoms with Crippen LogP contribution in [-0.4, -0.2) is 22.0 Å². The van der Waals surface area contributed by atoms with E-state index < -0.39 is 0 Å². The average Bonchev–Trinajstić information content (AvgIpc) is 3.23. The van der Waals surface area contributed by atoms with Gasteiger partial charge in [0.05, 0.1) is 10.9 Å². The molecule has 0 radical (unpaired) electrons. The molecule has 4 rings (SSSR count). The van der Waals surface area contributed by atoms with E-state index in [1.165, 1.54) is 30.3 Å². The lowest BCUT2D eigenvalue weighted by Gasteiger charge is -2.21. The molecule has 132 valence electrons. The van der Waals surface area contributed by atoms with Crippen molar-refractivity contribution in [3.8, 4) is 0 Å². The van der Waals surface area contributed by atoms with Crippen molar-refractivity contribution in [1.82, 2.24) is 14.9 Å². The number of aromatic amines is 1. The monoisotopic (exact) mass is 357 g/mol. The van der Waals surface area contributed by atoms with Gasteiger partial charge in [0, 0.05) is 19.5 Å². The number of nitrogens with one attached hydrogen (secondary N) is 2. The minimum Gasteiger partial charge on any atom is -0.356 e. The number of carbonyl (C=O) groups is 1. The van der Waals surface area contributed by atoms with E-state index in [9.17, 15) is 9.59 Å². The Bertz CT molecular complexity index is 917. The Morgan fingerprint density at radius 1 is 1.28 bits per heavy atom. The summed E-state index contributed by atoms with van der Waals surface area (Å²) in [7, 11) is 0. The highest BCUT2D eigenvalue weighted by Gasteiger charge is 2.39. The third-order valence-corrected chi connectivity index (χ3v) is 6.22. The lowest BCUT2D eigenvalue weighted by Crippen LogP contribution is -2.33. The van der Waals surface area contributed by atoms with Crippen LogP contribution in [0.5, 0.6) is 0 Å². The molecular weight excluding hydrogens is 334 g/mol. The molecule has 2 saturated carbocycles. The van der Waals surface area contributed by atoms with Gasteiger partial charge in [-0.15, -0.1) is 0 Å². The van der Waals surface area contributed by atoms with Crippen LogP contribution in [0.2, 0.25) is 0 Å². The Labute approximate surface area is 151 Å². The first-order valence-corrected chi connectivity index (χ1v) is 9.51. The summed E-state index contributed by atoms with van der Waals surface area (Å²) in [5.74, 6) is 2.34.